The van der Waals surface area contributed by atoms with Gasteiger partial charge >= 0.3 is 12.4 Å². The van der Waals surface area contributed by atoms with Crippen molar-refractivity contribution in [2.75, 3.05) is 17.2 Å². The number of rotatable bonds is 7. The first-order valence-corrected chi connectivity index (χ1v) is 14.3. The number of hydrogen-bond donors (Lipinski definition) is 1. The fourth-order valence-electron chi connectivity index (χ4n) is 4.70. The SMILES string of the molecule is Cc1cccc(C)c1N1/C(=N/C(=O)NCCc2ccc(-c3ncn(-c4ccc(OC(F)(F)F)cc4)n3)cc2)SCC1C. The number of thioether (sulfide) groups is 1. The minimum absolute atomic E-state index is 0.235. The Bertz CT molecular complexity index is 1570. The maximum Gasteiger partial charge on any atom is 0.573 e. The molecule has 0 spiro atoms. The summed E-state index contributed by atoms with van der Waals surface area (Å²) < 4.78 is 42.5. The number of carbonyl (C=O) groups is 1. The van der Waals surface area contributed by atoms with E-state index in [9.17, 15) is 18.0 Å². The molecule has 8 nitrogen and oxygen atoms in total. The quantitative estimate of drug-likeness (QED) is 0.256. The molecule has 0 bridgehead atoms. The van der Waals surface area contributed by atoms with E-state index in [1.54, 1.807) is 11.8 Å². The maximum absolute atomic E-state index is 12.7. The van der Waals surface area contributed by atoms with E-state index in [1.807, 2.05) is 30.3 Å². The minimum atomic E-state index is -4.75. The number of urea groups is 1. The normalized spacial score (nSPS) is 16.2. The first kappa shape index (κ1) is 29.2. The van der Waals surface area contributed by atoms with E-state index in [1.165, 1.54) is 35.3 Å². The maximum atomic E-state index is 12.7. The number of nitrogens with zero attached hydrogens (tertiary/aromatic N) is 5. The Kier molecular flexibility index (Phi) is 8.53. The molecule has 1 fully saturated rings. The van der Waals surface area contributed by atoms with Gasteiger partial charge in [0.15, 0.2) is 11.0 Å². The highest BCUT2D eigenvalue weighted by atomic mass is 32.2. The summed E-state index contributed by atoms with van der Waals surface area (Å²) in [5.74, 6) is 1.03. The zero-order valence-electron chi connectivity index (χ0n) is 23.2. The zero-order valence-corrected chi connectivity index (χ0v) is 24.0. The van der Waals surface area contributed by atoms with Crippen molar-refractivity contribution in [1.82, 2.24) is 20.1 Å². The van der Waals surface area contributed by atoms with Crippen molar-refractivity contribution in [3.8, 4) is 22.8 Å². The van der Waals surface area contributed by atoms with Gasteiger partial charge in [0.05, 0.1) is 5.69 Å². The van der Waals surface area contributed by atoms with E-state index in [-0.39, 0.29) is 17.8 Å². The lowest BCUT2D eigenvalue weighted by Crippen LogP contribution is -2.34. The van der Waals surface area contributed by atoms with Gasteiger partial charge < -0.3 is 15.0 Å². The average molecular weight is 595 g/mol. The molecular weight excluding hydrogens is 565 g/mol. The molecule has 0 radical (unpaired) electrons. The molecule has 4 aromatic rings. The van der Waals surface area contributed by atoms with E-state index in [2.05, 4.69) is 62.9 Å². The van der Waals surface area contributed by atoms with Crippen LogP contribution in [0, 0.1) is 13.8 Å². The van der Waals surface area contributed by atoms with Gasteiger partial charge in [-0.3, -0.25) is 0 Å². The fraction of sp³-hybridized carbons (Fsp3) is 0.267. The highest BCUT2D eigenvalue weighted by Crippen LogP contribution is 2.34. The number of para-hydroxylation sites is 1. The first-order valence-electron chi connectivity index (χ1n) is 13.3. The first-order chi connectivity index (χ1) is 20.1. The van der Waals surface area contributed by atoms with E-state index < -0.39 is 6.36 Å². The number of halogens is 3. The fourth-order valence-corrected chi connectivity index (χ4v) is 5.79. The Balaban J connectivity index is 1.16. The predicted octanol–water partition coefficient (Wildman–Crippen LogP) is 6.70. The van der Waals surface area contributed by atoms with Crippen molar-refractivity contribution >= 4 is 28.6 Å². The number of aromatic nitrogens is 3. The van der Waals surface area contributed by atoms with Crippen molar-refractivity contribution < 1.29 is 22.7 Å². The summed E-state index contributed by atoms with van der Waals surface area (Å²) >= 11 is 1.59. The molecule has 1 saturated heterocycles. The molecule has 12 heteroatoms. The third-order valence-electron chi connectivity index (χ3n) is 6.71. The second kappa shape index (κ2) is 12.3. The molecule has 0 aliphatic carbocycles. The Hall–Kier alpha value is -4.32. The monoisotopic (exact) mass is 594 g/mol. The average Bonchev–Trinajstić information content (AvgIpc) is 3.56. The molecule has 218 valence electrons. The molecule has 3 aromatic carbocycles. The molecule has 0 saturated carbocycles. The molecular formula is C30H29F3N6O2S. The Morgan fingerprint density at radius 2 is 1.76 bits per heavy atom. The van der Waals surface area contributed by atoms with E-state index >= 15 is 0 Å². The van der Waals surface area contributed by atoms with Crippen molar-refractivity contribution in [3.05, 3.63) is 89.7 Å². The number of hydrogen-bond acceptors (Lipinski definition) is 5. The topological polar surface area (TPSA) is 84.6 Å². The van der Waals surface area contributed by atoms with Crippen LogP contribution < -0.4 is 15.0 Å². The number of anilines is 1. The lowest BCUT2D eigenvalue weighted by atomic mass is 10.1. The number of alkyl halides is 3. The number of carbonyl (C=O) groups excluding carboxylic acids is 1. The summed E-state index contributed by atoms with van der Waals surface area (Å²) in [6.45, 7) is 6.71. The van der Waals surface area contributed by atoms with Crippen molar-refractivity contribution in [1.29, 1.82) is 0 Å². The number of amides is 2. The third-order valence-corrected chi connectivity index (χ3v) is 7.90. The van der Waals surface area contributed by atoms with E-state index in [4.69, 9.17) is 0 Å². The Labute approximate surface area is 245 Å². The molecule has 1 N–H and O–H groups in total. The van der Waals surface area contributed by atoms with Gasteiger partial charge in [0.2, 0.25) is 0 Å². The highest BCUT2D eigenvalue weighted by Gasteiger charge is 2.31. The summed E-state index contributed by atoms with van der Waals surface area (Å²) in [6.07, 6.45) is -2.63. The second-order valence-corrected chi connectivity index (χ2v) is 10.9. The van der Waals surface area contributed by atoms with Gasteiger partial charge in [-0.25, -0.2) is 14.5 Å². The van der Waals surface area contributed by atoms with Crippen molar-refractivity contribution in [3.63, 3.8) is 0 Å². The number of benzene rings is 3. The summed E-state index contributed by atoms with van der Waals surface area (Å²) in [5, 5.41) is 8.03. The molecule has 42 heavy (non-hydrogen) atoms. The van der Waals surface area contributed by atoms with Crippen LogP contribution in [0.5, 0.6) is 5.75 Å². The van der Waals surface area contributed by atoms with Gasteiger partial charge in [-0.1, -0.05) is 54.2 Å². The Morgan fingerprint density at radius 1 is 1.07 bits per heavy atom. The van der Waals surface area contributed by atoms with Crippen LogP contribution in [0.3, 0.4) is 0 Å². The Morgan fingerprint density at radius 3 is 2.43 bits per heavy atom. The van der Waals surface area contributed by atoms with Crippen LogP contribution in [0.2, 0.25) is 0 Å². The second-order valence-electron chi connectivity index (χ2n) is 9.90. The molecule has 1 aliphatic rings. The molecule has 1 unspecified atom stereocenters. The van der Waals surface area contributed by atoms with E-state index in [0.29, 0.717) is 29.6 Å². The van der Waals surface area contributed by atoms with Gasteiger partial charge in [-0.15, -0.1) is 18.3 Å². The van der Waals surface area contributed by atoms with Gasteiger partial charge in [-0.05, 0) is 68.1 Å². The van der Waals surface area contributed by atoms with Crippen LogP contribution in [0.1, 0.15) is 23.6 Å². The summed E-state index contributed by atoms with van der Waals surface area (Å²) in [5.41, 5.74) is 5.75. The smallest absolute Gasteiger partial charge is 0.406 e. The van der Waals surface area contributed by atoms with Crippen LogP contribution in [-0.4, -0.2) is 50.7 Å². The lowest BCUT2D eigenvalue weighted by Gasteiger charge is -2.26. The molecule has 2 amide bonds. The summed E-state index contributed by atoms with van der Waals surface area (Å²) in [7, 11) is 0. The number of aliphatic imine (C=N–C) groups is 1. The number of nitrogens with one attached hydrogen (secondary N) is 1. The molecule has 1 aliphatic heterocycles. The lowest BCUT2D eigenvalue weighted by molar-refractivity contribution is -0.274. The van der Waals surface area contributed by atoms with Gasteiger partial charge in [0.25, 0.3) is 0 Å². The molecule has 1 atom stereocenters. The number of aryl methyl sites for hydroxylation is 2. The highest BCUT2D eigenvalue weighted by molar-refractivity contribution is 8.14. The van der Waals surface area contributed by atoms with Gasteiger partial charge in [-0.2, -0.15) is 4.99 Å². The van der Waals surface area contributed by atoms with Gasteiger partial charge in [0, 0.05) is 29.6 Å². The summed E-state index contributed by atoms with van der Waals surface area (Å²) in [6, 6.07) is 19.1. The van der Waals surface area contributed by atoms with Crippen molar-refractivity contribution in [2.45, 2.75) is 39.6 Å². The largest absolute Gasteiger partial charge is 0.573 e. The third kappa shape index (κ3) is 6.93. The zero-order chi connectivity index (χ0) is 29.9. The van der Waals surface area contributed by atoms with Crippen LogP contribution in [0.15, 0.2) is 78.0 Å². The number of ether oxygens (including phenoxy) is 1. The van der Waals surface area contributed by atoms with Crippen LogP contribution in [0.4, 0.5) is 23.7 Å². The standard InChI is InChI=1S/C30H29F3N6O2S/c1-19-5-4-6-20(2)26(19)39-21(3)17-42-29(39)36-28(40)34-16-15-22-7-9-23(10-8-22)27-35-18-38(37-27)24-11-13-25(14-12-24)41-30(31,32)33/h4-14,18,21H,15-17H2,1-3H3,(H,34,40)/b36-29-. The van der Waals surface area contributed by atoms with Crippen LogP contribution in [-0.2, 0) is 6.42 Å². The van der Waals surface area contributed by atoms with Crippen LogP contribution >= 0.6 is 11.8 Å². The molecule has 5 rings (SSSR count). The van der Waals surface area contributed by atoms with Crippen LogP contribution in [0.25, 0.3) is 17.1 Å². The number of amidine groups is 1. The van der Waals surface area contributed by atoms with Gasteiger partial charge in [0.1, 0.15) is 12.1 Å². The summed E-state index contributed by atoms with van der Waals surface area (Å²) in [4.78, 5) is 23.5. The van der Waals surface area contributed by atoms with E-state index in [0.717, 1.165) is 33.7 Å². The van der Waals surface area contributed by atoms with Crippen molar-refractivity contribution in [2.24, 2.45) is 4.99 Å². The molecule has 2 heterocycles. The molecule has 1 aromatic heterocycles. The predicted molar refractivity (Wildman–Crippen MR) is 158 cm³/mol. The minimum Gasteiger partial charge on any atom is -0.406 e.